The van der Waals surface area contributed by atoms with Gasteiger partial charge in [0.05, 0.1) is 15.7 Å². The van der Waals surface area contributed by atoms with Crippen LogP contribution >= 0.6 is 15.9 Å². The molecule has 92 valence electrons. The quantitative estimate of drug-likeness (QED) is 0.840. The lowest BCUT2D eigenvalue weighted by molar-refractivity contribution is 0.462. The van der Waals surface area contributed by atoms with Crippen LogP contribution in [0.2, 0.25) is 0 Å². The van der Waals surface area contributed by atoms with Crippen LogP contribution < -0.4 is 4.90 Å². The van der Waals surface area contributed by atoms with E-state index >= 15 is 0 Å². The maximum absolute atomic E-state index is 14.1. The molecule has 4 heteroatoms. The van der Waals surface area contributed by atoms with Crippen molar-refractivity contribution in [2.75, 3.05) is 11.9 Å². The highest BCUT2D eigenvalue weighted by Gasteiger charge is 2.25. The van der Waals surface area contributed by atoms with Gasteiger partial charge in [0.15, 0.2) is 5.82 Å². The van der Waals surface area contributed by atoms with E-state index < -0.39 is 0 Å². The highest BCUT2D eigenvalue weighted by Crippen LogP contribution is 2.32. The van der Waals surface area contributed by atoms with E-state index in [0.29, 0.717) is 11.3 Å². The van der Waals surface area contributed by atoms with Gasteiger partial charge in [-0.15, -0.1) is 0 Å². The summed E-state index contributed by atoms with van der Waals surface area (Å²) in [5.41, 5.74) is 0.686. The number of benzene rings is 1. The Kier molecular flexibility index (Phi) is 4.16. The number of halogens is 2. The van der Waals surface area contributed by atoms with E-state index in [9.17, 15) is 4.39 Å². The van der Waals surface area contributed by atoms with Crippen LogP contribution in [0, 0.1) is 17.1 Å². The first-order chi connectivity index (χ1) is 7.85. The number of nitrogens with zero attached hydrogens (tertiary/aromatic N) is 2. The average Bonchev–Trinajstić information content (AvgIpc) is 2.31. The summed E-state index contributed by atoms with van der Waals surface area (Å²) < 4.78 is 14.4. The fourth-order valence-electron chi connectivity index (χ4n) is 1.45. The molecule has 0 N–H and O–H groups in total. The van der Waals surface area contributed by atoms with E-state index in [1.807, 2.05) is 18.0 Å². The zero-order valence-electron chi connectivity index (χ0n) is 10.5. The zero-order chi connectivity index (χ0) is 13.2. The van der Waals surface area contributed by atoms with Crippen molar-refractivity contribution in [1.82, 2.24) is 0 Å². The van der Waals surface area contributed by atoms with Gasteiger partial charge < -0.3 is 4.90 Å². The molecule has 1 aromatic rings. The second-order valence-electron chi connectivity index (χ2n) is 4.60. The largest absolute Gasteiger partial charge is 0.367 e. The third-order valence-corrected chi connectivity index (χ3v) is 4.09. The molecule has 1 aromatic carbocycles. The lowest BCUT2D eigenvalue weighted by atomic mass is 9.99. The lowest BCUT2D eigenvalue weighted by Crippen LogP contribution is -2.41. The van der Waals surface area contributed by atoms with Gasteiger partial charge in [0.1, 0.15) is 6.07 Å². The van der Waals surface area contributed by atoms with Gasteiger partial charge in [-0.3, -0.25) is 0 Å². The first kappa shape index (κ1) is 14.0. The van der Waals surface area contributed by atoms with E-state index in [4.69, 9.17) is 5.26 Å². The number of nitriles is 1. The summed E-state index contributed by atoms with van der Waals surface area (Å²) in [6.07, 6.45) is 0.903. The van der Waals surface area contributed by atoms with Gasteiger partial charge in [0.25, 0.3) is 0 Å². The van der Waals surface area contributed by atoms with Crippen LogP contribution in [0.25, 0.3) is 0 Å². The Hall–Kier alpha value is -1.08. The molecule has 2 nitrogen and oxygen atoms in total. The van der Waals surface area contributed by atoms with Crippen molar-refractivity contribution in [3.8, 4) is 6.07 Å². The molecular weight excluding hydrogens is 283 g/mol. The second-order valence-corrected chi connectivity index (χ2v) is 5.39. The topological polar surface area (TPSA) is 27.0 Å². The van der Waals surface area contributed by atoms with Crippen LogP contribution in [-0.4, -0.2) is 12.6 Å². The Balaban J connectivity index is 3.27. The second kappa shape index (κ2) is 5.05. The fraction of sp³-hybridized carbons (Fsp3) is 0.462. The Labute approximate surface area is 110 Å². The monoisotopic (exact) mass is 298 g/mol. The van der Waals surface area contributed by atoms with Crippen molar-refractivity contribution in [1.29, 1.82) is 5.26 Å². The standard InChI is InChI=1S/C13H16BrFN2/c1-5-13(2,3)17(4)10-7-6-9(8-16)11(14)12(10)15/h6-7H,5H2,1-4H3. The van der Waals surface area contributed by atoms with Crippen LogP contribution in [0.1, 0.15) is 32.8 Å². The highest BCUT2D eigenvalue weighted by molar-refractivity contribution is 9.10. The molecule has 0 unspecified atom stereocenters. The smallest absolute Gasteiger partial charge is 0.161 e. The molecule has 0 aliphatic heterocycles. The summed E-state index contributed by atoms with van der Waals surface area (Å²) in [6, 6.07) is 5.23. The van der Waals surface area contributed by atoms with E-state index in [0.717, 1.165) is 6.42 Å². The maximum Gasteiger partial charge on any atom is 0.161 e. The molecule has 0 atom stereocenters. The molecule has 0 radical (unpaired) electrons. The van der Waals surface area contributed by atoms with Crippen molar-refractivity contribution in [2.24, 2.45) is 0 Å². The molecule has 0 amide bonds. The Morgan fingerprint density at radius 3 is 2.53 bits per heavy atom. The lowest BCUT2D eigenvalue weighted by Gasteiger charge is -2.37. The van der Waals surface area contributed by atoms with Crippen LogP contribution in [-0.2, 0) is 0 Å². The number of hydrogen-bond donors (Lipinski definition) is 0. The minimum atomic E-state index is -0.381. The van der Waals surface area contributed by atoms with E-state index in [1.54, 1.807) is 12.1 Å². The van der Waals surface area contributed by atoms with Crippen LogP contribution in [0.4, 0.5) is 10.1 Å². The molecule has 1 rings (SSSR count). The Morgan fingerprint density at radius 1 is 1.47 bits per heavy atom. The normalized spacial score (nSPS) is 11.1. The molecule has 0 saturated heterocycles. The Morgan fingerprint density at radius 2 is 2.06 bits per heavy atom. The molecule has 0 fully saturated rings. The van der Waals surface area contributed by atoms with Crippen molar-refractivity contribution in [2.45, 2.75) is 32.7 Å². The third-order valence-electron chi connectivity index (χ3n) is 3.32. The van der Waals surface area contributed by atoms with Gasteiger partial charge in [-0.2, -0.15) is 5.26 Å². The van der Waals surface area contributed by atoms with E-state index in [2.05, 4.69) is 36.7 Å². The highest BCUT2D eigenvalue weighted by atomic mass is 79.9. The number of anilines is 1. The van der Waals surface area contributed by atoms with Crippen LogP contribution in [0.5, 0.6) is 0 Å². The van der Waals surface area contributed by atoms with Crippen molar-refractivity contribution in [3.63, 3.8) is 0 Å². The first-order valence-corrected chi connectivity index (χ1v) is 6.26. The van der Waals surface area contributed by atoms with Gasteiger partial charge in [-0.1, -0.05) is 6.92 Å². The minimum absolute atomic E-state index is 0.131. The fourth-order valence-corrected chi connectivity index (χ4v) is 1.87. The summed E-state index contributed by atoms with van der Waals surface area (Å²) in [5, 5.41) is 8.82. The molecule has 0 heterocycles. The van der Waals surface area contributed by atoms with Gasteiger partial charge in [0, 0.05) is 12.6 Å². The van der Waals surface area contributed by atoms with Gasteiger partial charge >= 0.3 is 0 Å². The minimum Gasteiger partial charge on any atom is -0.367 e. The predicted octanol–water partition coefficient (Wildman–Crippen LogP) is 4.08. The van der Waals surface area contributed by atoms with Gasteiger partial charge in [0.2, 0.25) is 0 Å². The molecule has 0 aliphatic rings. The van der Waals surface area contributed by atoms with Crippen LogP contribution in [0.3, 0.4) is 0 Å². The van der Waals surface area contributed by atoms with Crippen molar-refractivity contribution < 1.29 is 4.39 Å². The summed E-state index contributed by atoms with van der Waals surface area (Å²) >= 11 is 3.12. The molecule has 0 saturated carbocycles. The molecule has 0 spiro atoms. The Bertz CT molecular complexity index is 463. The molecule has 17 heavy (non-hydrogen) atoms. The third kappa shape index (κ3) is 2.61. The van der Waals surface area contributed by atoms with E-state index in [1.165, 1.54) is 0 Å². The summed E-state index contributed by atoms with van der Waals surface area (Å²) in [5.74, 6) is -0.381. The molecule has 0 bridgehead atoms. The number of rotatable bonds is 3. The number of hydrogen-bond acceptors (Lipinski definition) is 2. The van der Waals surface area contributed by atoms with E-state index in [-0.39, 0.29) is 15.8 Å². The van der Waals surface area contributed by atoms with Gasteiger partial charge in [-0.05, 0) is 48.3 Å². The molecule has 0 aliphatic carbocycles. The molecule has 0 aromatic heterocycles. The molecular formula is C13H16BrFN2. The van der Waals surface area contributed by atoms with Crippen molar-refractivity contribution in [3.05, 3.63) is 28.0 Å². The predicted molar refractivity (Wildman–Crippen MR) is 71.6 cm³/mol. The van der Waals surface area contributed by atoms with Gasteiger partial charge in [-0.25, -0.2) is 4.39 Å². The van der Waals surface area contributed by atoms with Crippen molar-refractivity contribution >= 4 is 21.6 Å². The average molecular weight is 299 g/mol. The summed E-state index contributed by atoms with van der Waals surface area (Å²) in [4.78, 5) is 1.90. The van der Waals surface area contributed by atoms with Crippen LogP contribution in [0.15, 0.2) is 16.6 Å². The SMILES string of the molecule is CCC(C)(C)N(C)c1ccc(C#N)c(Br)c1F. The summed E-state index contributed by atoms with van der Waals surface area (Å²) in [6.45, 7) is 6.17. The maximum atomic E-state index is 14.1. The summed E-state index contributed by atoms with van der Waals surface area (Å²) in [7, 11) is 1.86. The zero-order valence-corrected chi connectivity index (χ0v) is 12.1. The first-order valence-electron chi connectivity index (χ1n) is 5.47.